The summed E-state index contributed by atoms with van der Waals surface area (Å²) in [5, 5.41) is 36.5. The lowest BCUT2D eigenvalue weighted by atomic mass is 9.79. The highest BCUT2D eigenvalue weighted by Gasteiger charge is 2.33. The molecule has 0 amide bonds. The minimum Gasteiger partial charge on any atom is -0.508 e. The molecule has 478 valence electrons. The molecule has 12 heteroatoms. The molecule has 17 aromatic rings. The SMILES string of the molecule is CC(C)c1cc(O)ccc1-n1c(=O)c2c3cccc4c5nc6cc7ccc8cc9nc%10c%11cc(C(C)(C)C)cc%12c%13c(=O)n(-c%14c(C(C)C)cc(O)cc%14C(C)C)c(=O)c%13c%13cc(C(C)(C)C)cc(c%10nc9cc8ccc7cc6nc5c5cc(C(C)(C)C)cc(c2c1=O)c5c43)c%13c%11%12. The van der Waals surface area contributed by atoms with Crippen molar-refractivity contribution < 1.29 is 10.2 Å². The first-order valence-corrected chi connectivity index (χ1v) is 33.7. The topological polar surface area (TPSA) is 170 Å². The molecule has 0 saturated heterocycles. The van der Waals surface area contributed by atoms with Crippen LogP contribution in [0.5, 0.6) is 11.5 Å². The molecule has 0 unspecified atom stereocenters. The quantitative estimate of drug-likeness (QED) is 0.125. The molecule has 97 heavy (non-hydrogen) atoms. The summed E-state index contributed by atoms with van der Waals surface area (Å²) in [4.78, 5) is 84.3. The number of aromatic nitrogens is 6. The lowest BCUT2D eigenvalue weighted by Crippen LogP contribution is -2.26. The average Bonchev–Trinajstić information content (AvgIpc) is 1.66. The Morgan fingerprint density at radius 2 is 0.629 bits per heavy atom. The fraction of sp³-hybridized carbons (Fsp3) is 0.247. The van der Waals surface area contributed by atoms with Crippen molar-refractivity contribution in [2.24, 2.45) is 0 Å². The van der Waals surface area contributed by atoms with Gasteiger partial charge in [-0.05, 0) is 201 Å². The van der Waals surface area contributed by atoms with Crippen molar-refractivity contribution in [2.45, 2.75) is 138 Å². The molecule has 0 bridgehead atoms. The van der Waals surface area contributed by atoms with Crippen molar-refractivity contribution in [3.63, 3.8) is 0 Å². The van der Waals surface area contributed by atoms with Crippen LogP contribution in [0.25, 0.3) is 163 Å². The van der Waals surface area contributed by atoms with E-state index in [0.717, 1.165) is 92.5 Å². The Morgan fingerprint density at radius 1 is 0.320 bits per heavy atom. The lowest BCUT2D eigenvalue weighted by molar-refractivity contribution is 0.472. The van der Waals surface area contributed by atoms with E-state index in [2.05, 4.69) is 147 Å². The minimum atomic E-state index is -0.406. The fourth-order valence-electron chi connectivity index (χ4n) is 15.9. The van der Waals surface area contributed by atoms with E-state index in [1.54, 1.807) is 24.3 Å². The van der Waals surface area contributed by atoms with Gasteiger partial charge < -0.3 is 10.2 Å². The van der Waals surface area contributed by atoms with Gasteiger partial charge in [-0.2, -0.15) is 0 Å². The number of hydrogen-bond donors (Lipinski definition) is 2. The molecule has 0 aliphatic carbocycles. The summed E-state index contributed by atoms with van der Waals surface area (Å²) < 4.78 is 2.69. The van der Waals surface area contributed by atoms with E-state index in [-0.39, 0.29) is 56.6 Å². The Labute approximate surface area is 557 Å². The smallest absolute Gasteiger partial charge is 0.266 e. The van der Waals surface area contributed by atoms with Crippen LogP contribution in [0.15, 0.2) is 153 Å². The maximum atomic E-state index is 15.8. The Kier molecular flexibility index (Phi) is 12.3. The first-order valence-electron chi connectivity index (χ1n) is 33.7. The van der Waals surface area contributed by atoms with E-state index < -0.39 is 11.1 Å². The van der Waals surface area contributed by atoms with Crippen molar-refractivity contribution in [3.8, 4) is 22.9 Å². The van der Waals surface area contributed by atoms with Crippen LogP contribution in [0.1, 0.15) is 155 Å². The molecule has 0 radical (unpaired) electrons. The van der Waals surface area contributed by atoms with Crippen LogP contribution >= 0.6 is 0 Å². The predicted octanol–water partition coefficient (Wildman–Crippen LogP) is 19.4. The normalized spacial score (nSPS) is 13.2. The van der Waals surface area contributed by atoms with Gasteiger partial charge in [-0.3, -0.25) is 19.2 Å². The van der Waals surface area contributed by atoms with Crippen LogP contribution < -0.4 is 22.2 Å². The van der Waals surface area contributed by atoms with Crippen LogP contribution in [0.2, 0.25) is 0 Å². The van der Waals surface area contributed by atoms with E-state index in [0.29, 0.717) is 104 Å². The fourth-order valence-corrected chi connectivity index (χ4v) is 15.9. The third kappa shape index (κ3) is 8.47. The molecule has 13 aromatic carbocycles. The Balaban J connectivity index is 0.913. The highest BCUT2D eigenvalue weighted by Crippen LogP contribution is 2.49. The van der Waals surface area contributed by atoms with Gasteiger partial charge in [0.05, 0.1) is 77.1 Å². The number of nitrogens with zero attached hydrogens (tertiary/aromatic N) is 6. The zero-order valence-electron chi connectivity index (χ0n) is 57.1. The molecule has 0 spiro atoms. The molecular weight excluding hydrogens is 1200 g/mol. The summed E-state index contributed by atoms with van der Waals surface area (Å²) in [6, 6.07) is 44.0. The second kappa shape index (κ2) is 19.9. The van der Waals surface area contributed by atoms with Gasteiger partial charge in [-0.25, -0.2) is 29.1 Å². The number of rotatable bonds is 5. The van der Waals surface area contributed by atoms with Crippen LogP contribution in [0, 0.1) is 0 Å². The molecule has 2 N–H and O–H groups in total. The first-order chi connectivity index (χ1) is 45.9. The molecule has 0 saturated carbocycles. The average molecular weight is 1270 g/mol. The van der Waals surface area contributed by atoms with Crippen LogP contribution in [0.3, 0.4) is 0 Å². The zero-order valence-corrected chi connectivity index (χ0v) is 57.1. The van der Waals surface area contributed by atoms with Crippen molar-refractivity contribution in [2.75, 3.05) is 0 Å². The number of benzene rings is 12. The van der Waals surface area contributed by atoms with Gasteiger partial charge in [0.2, 0.25) is 0 Å². The van der Waals surface area contributed by atoms with Crippen LogP contribution in [-0.2, 0) is 16.2 Å². The summed E-state index contributed by atoms with van der Waals surface area (Å²) in [7, 11) is 0. The molecule has 4 heterocycles. The molecule has 0 atom stereocenters. The summed E-state index contributed by atoms with van der Waals surface area (Å²) in [6.45, 7) is 31.5. The molecule has 0 aliphatic rings. The molecule has 4 aromatic heterocycles. The molecule has 0 fully saturated rings. The number of phenolic OH excluding ortho intramolecular Hbond substituents is 2. The Morgan fingerprint density at radius 3 is 0.990 bits per heavy atom. The monoisotopic (exact) mass is 1270 g/mol. The van der Waals surface area contributed by atoms with Crippen LogP contribution in [0.4, 0.5) is 0 Å². The summed E-state index contributed by atoms with van der Waals surface area (Å²) in [5.41, 5.74) is 8.99. The lowest BCUT2D eigenvalue weighted by Gasteiger charge is -2.24. The van der Waals surface area contributed by atoms with Gasteiger partial charge in [0.15, 0.2) is 0 Å². The second-order valence-corrected chi connectivity index (χ2v) is 31.3. The summed E-state index contributed by atoms with van der Waals surface area (Å²) >= 11 is 0. The standard InChI is InChI=1S/C85H72N6O6/c1-38(2)52-35-48(92)23-24-65(52)90-79(94)70-50-17-16-18-51-66(50)67-55(71(70)80(90)95)29-45(83(7,8)9)32-58(67)75-74(51)86-61-25-41-19-20-43-27-63-64(28-44(43)22-21-42(41)26-62(61)87-75)89-77-60-34-47(85(13,14)15)31-57-69(60)68-56(30-46(84(10,11)12)33-59(68)76(77)88-63)72-73(57)82(97)91(81(72)96)78-53(39(3)4)36-49(93)37-54(78)40(5)6/h16-40,92-93H,1-15H3. The first kappa shape index (κ1) is 60.0. The van der Waals surface area contributed by atoms with Crippen molar-refractivity contribution in [1.82, 2.24) is 29.1 Å². The van der Waals surface area contributed by atoms with Crippen LogP contribution in [-0.4, -0.2) is 39.3 Å². The number of hydrogen-bond acceptors (Lipinski definition) is 10. The van der Waals surface area contributed by atoms with Gasteiger partial charge >= 0.3 is 0 Å². The number of aromatic hydroxyl groups is 2. The Bertz CT molecular complexity index is 6690. The molecule has 12 nitrogen and oxygen atoms in total. The third-order valence-corrected chi connectivity index (χ3v) is 21.0. The summed E-state index contributed by atoms with van der Waals surface area (Å²) in [5.74, 6) is -0.159. The van der Waals surface area contributed by atoms with Gasteiger partial charge in [-0.15, -0.1) is 0 Å². The highest BCUT2D eigenvalue weighted by molar-refractivity contribution is 6.41. The van der Waals surface area contributed by atoms with Gasteiger partial charge in [0.25, 0.3) is 22.2 Å². The van der Waals surface area contributed by atoms with Crippen molar-refractivity contribution in [3.05, 3.63) is 208 Å². The third-order valence-electron chi connectivity index (χ3n) is 21.0. The van der Waals surface area contributed by atoms with Gasteiger partial charge in [-0.1, -0.05) is 146 Å². The van der Waals surface area contributed by atoms with Crippen molar-refractivity contribution in [1.29, 1.82) is 0 Å². The maximum Gasteiger partial charge on any atom is 0.266 e. The van der Waals surface area contributed by atoms with E-state index in [9.17, 15) is 10.2 Å². The minimum absolute atomic E-state index is 0.0645. The molecule has 17 rings (SSSR count). The van der Waals surface area contributed by atoms with E-state index in [4.69, 9.17) is 19.9 Å². The zero-order chi connectivity index (χ0) is 68.0. The van der Waals surface area contributed by atoms with E-state index in [1.165, 1.54) is 15.2 Å². The largest absolute Gasteiger partial charge is 0.508 e. The van der Waals surface area contributed by atoms with E-state index in [1.807, 2.05) is 59.7 Å². The van der Waals surface area contributed by atoms with Gasteiger partial charge in [0, 0.05) is 43.1 Å². The second-order valence-electron chi connectivity index (χ2n) is 31.3. The number of fused-ring (bicyclic) bond motifs is 16. The number of phenols is 2. The maximum absolute atomic E-state index is 15.8. The van der Waals surface area contributed by atoms with Gasteiger partial charge in [0.1, 0.15) is 11.5 Å². The van der Waals surface area contributed by atoms with Crippen molar-refractivity contribution >= 4 is 152 Å². The summed E-state index contributed by atoms with van der Waals surface area (Å²) in [6.07, 6.45) is 0. The predicted molar refractivity (Wildman–Crippen MR) is 402 cm³/mol. The highest BCUT2D eigenvalue weighted by atomic mass is 16.3. The molecule has 0 aliphatic heterocycles. The molecular formula is C85H72N6O6. The van der Waals surface area contributed by atoms with E-state index >= 15 is 19.2 Å². The Hall–Kier alpha value is -10.7.